The van der Waals surface area contributed by atoms with Crippen LogP contribution >= 0.6 is 0 Å². The summed E-state index contributed by atoms with van der Waals surface area (Å²) in [7, 11) is 0. The standard InChI is InChI=1S/C8H10N2O2/c11-8(7-3-1-6-12-7)10-5-2-4-9-10/h2,4-5,7H,1,3,6H2. The minimum absolute atomic E-state index is 0.0579. The monoisotopic (exact) mass is 166 g/mol. The lowest BCUT2D eigenvalue weighted by Crippen LogP contribution is -2.26. The summed E-state index contributed by atoms with van der Waals surface area (Å²) in [6, 6.07) is 1.73. The van der Waals surface area contributed by atoms with Crippen molar-refractivity contribution >= 4 is 5.91 Å². The number of hydrogen-bond donors (Lipinski definition) is 0. The molecule has 0 radical (unpaired) electrons. The van der Waals surface area contributed by atoms with Crippen molar-refractivity contribution < 1.29 is 9.53 Å². The Labute approximate surface area is 70.1 Å². The zero-order chi connectivity index (χ0) is 8.39. The van der Waals surface area contributed by atoms with Gasteiger partial charge in [-0.2, -0.15) is 5.10 Å². The van der Waals surface area contributed by atoms with Gasteiger partial charge in [0.1, 0.15) is 6.10 Å². The first-order valence-electron chi connectivity index (χ1n) is 4.03. The molecule has 1 fully saturated rings. The molecule has 0 saturated carbocycles. The minimum Gasteiger partial charge on any atom is -0.368 e. The lowest BCUT2D eigenvalue weighted by molar-refractivity contribution is 0.0538. The molecule has 1 aliphatic rings. The van der Waals surface area contributed by atoms with Gasteiger partial charge in [0.05, 0.1) is 0 Å². The third-order valence-electron chi connectivity index (χ3n) is 1.94. The normalized spacial score (nSPS) is 22.8. The van der Waals surface area contributed by atoms with E-state index in [0.29, 0.717) is 6.61 Å². The molecular formula is C8H10N2O2. The molecule has 1 aliphatic heterocycles. The van der Waals surface area contributed by atoms with Gasteiger partial charge >= 0.3 is 0 Å². The highest BCUT2D eigenvalue weighted by Gasteiger charge is 2.24. The summed E-state index contributed by atoms with van der Waals surface area (Å²) in [4.78, 5) is 11.5. The maximum absolute atomic E-state index is 11.5. The molecule has 1 aromatic heterocycles. The van der Waals surface area contributed by atoms with Crippen LogP contribution in [0.1, 0.15) is 17.6 Å². The average molecular weight is 166 g/mol. The van der Waals surface area contributed by atoms with E-state index in [9.17, 15) is 4.79 Å². The van der Waals surface area contributed by atoms with Crippen molar-refractivity contribution in [2.45, 2.75) is 18.9 Å². The second kappa shape index (κ2) is 3.06. The van der Waals surface area contributed by atoms with Crippen molar-refractivity contribution in [1.29, 1.82) is 0 Å². The fourth-order valence-electron chi connectivity index (χ4n) is 1.32. The molecule has 0 bridgehead atoms. The van der Waals surface area contributed by atoms with E-state index in [-0.39, 0.29) is 12.0 Å². The van der Waals surface area contributed by atoms with Crippen molar-refractivity contribution in [3.05, 3.63) is 18.5 Å². The van der Waals surface area contributed by atoms with Crippen molar-refractivity contribution in [2.24, 2.45) is 0 Å². The average Bonchev–Trinajstić information content (AvgIpc) is 2.77. The molecule has 4 heteroatoms. The summed E-state index contributed by atoms with van der Waals surface area (Å²) in [6.45, 7) is 0.692. The topological polar surface area (TPSA) is 44.1 Å². The Kier molecular flexibility index (Phi) is 1.91. The Bertz CT molecular complexity index is 263. The zero-order valence-corrected chi connectivity index (χ0v) is 6.64. The van der Waals surface area contributed by atoms with Crippen LogP contribution in [0.5, 0.6) is 0 Å². The lowest BCUT2D eigenvalue weighted by atomic mass is 10.2. The van der Waals surface area contributed by atoms with E-state index in [4.69, 9.17) is 4.74 Å². The van der Waals surface area contributed by atoms with Gasteiger partial charge in [0.25, 0.3) is 5.91 Å². The summed E-state index contributed by atoms with van der Waals surface area (Å²) >= 11 is 0. The molecule has 1 atom stereocenters. The van der Waals surface area contributed by atoms with E-state index in [1.165, 1.54) is 4.68 Å². The van der Waals surface area contributed by atoms with E-state index in [2.05, 4.69) is 5.10 Å². The first-order chi connectivity index (χ1) is 5.88. The number of ether oxygens (including phenoxy) is 1. The molecule has 0 spiro atoms. The molecule has 64 valence electrons. The van der Waals surface area contributed by atoms with Crippen LogP contribution in [0.3, 0.4) is 0 Å². The van der Waals surface area contributed by atoms with E-state index < -0.39 is 0 Å². The van der Waals surface area contributed by atoms with Gasteiger partial charge in [0.15, 0.2) is 0 Å². The van der Waals surface area contributed by atoms with Gasteiger partial charge in [-0.25, -0.2) is 4.68 Å². The van der Waals surface area contributed by atoms with Crippen LogP contribution < -0.4 is 0 Å². The Hall–Kier alpha value is -1.16. The van der Waals surface area contributed by atoms with E-state index >= 15 is 0 Å². The molecule has 0 aliphatic carbocycles. The number of nitrogens with zero attached hydrogens (tertiary/aromatic N) is 2. The number of hydrogen-bond acceptors (Lipinski definition) is 3. The highest BCUT2D eigenvalue weighted by atomic mass is 16.5. The Morgan fingerprint density at radius 2 is 2.58 bits per heavy atom. The molecule has 1 saturated heterocycles. The minimum atomic E-state index is -0.273. The first-order valence-corrected chi connectivity index (χ1v) is 4.03. The van der Waals surface area contributed by atoms with Crippen LogP contribution in [-0.4, -0.2) is 28.4 Å². The second-order valence-corrected chi connectivity index (χ2v) is 2.79. The van der Waals surface area contributed by atoms with Crippen molar-refractivity contribution in [3.8, 4) is 0 Å². The Morgan fingerprint density at radius 1 is 1.67 bits per heavy atom. The summed E-state index contributed by atoms with van der Waals surface area (Å²) in [5.41, 5.74) is 0. The number of aromatic nitrogens is 2. The van der Waals surface area contributed by atoms with Gasteiger partial charge in [-0.05, 0) is 18.9 Å². The maximum Gasteiger partial charge on any atom is 0.275 e. The maximum atomic E-state index is 11.5. The van der Waals surface area contributed by atoms with Gasteiger partial charge in [-0.15, -0.1) is 0 Å². The Balaban J connectivity index is 2.09. The fourth-order valence-corrected chi connectivity index (χ4v) is 1.32. The molecule has 12 heavy (non-hydrogen) atoms. The van der Waals surface area contributed by atoms with Crippen LogP contribution in [0.25, 0.3) is 0 Å². The van der Waals surface area contributed by atoms with Crippen molar-refractivity contribution in [2.75, 3.05) is 6.61 Å². The van der Waals surface area contributed by atoms with Gasteiger partial charge in [-0.3, -0.25) is 4.79 Å². The van der Waals surface area contributed by atoms with Gasteiger partial charge in [0.2, 0.25) is 0 Å². The Morgan fingerprint density at radius 3 is 3.17 bits per heavy atom. The molecule has 1 aromatic rings. The predicted octanol–water partition coefficient (Wildman–Crippen LogP) is 0.702. The summed E-state index contributed by atoms with van der Waals surface area (Å²) in [5, 5.41) is 3.85. The van der Waals surface area contributed by atoms with Crippen molar-refractivity contribution in [3.63, 3.8) is 0 Å². The number of carbonyl (C=O) groups is 1. The van der Waals surface area contributed by atoms with Gasteiger partial charge < -0.3 is 4.74 Å². The fraction of sp³-hybridized carbons (Fsp3) is 0.500. The van der Waals surface area contributed by atoms with Crippen LogP contribution in [0.15, 0.2) is 18.5 Å². The van der Waals surface area contributed by atoms with Gasteiger partial charge in [0, 0.05) is 19.0 Å². The smallest absolute Gasteiger partial charge is 0.275 e. The third-order valence-corrected chi connectivity index (χ3v) is 1.94. The second-order valence-electron chi connectivity index (χ2n) is 2.79. The van der Waals surface area contributed by atoms with Crippen LogP contribution in [0, 0.1) is 0 Å². The van der Waals surface area contributed by atoms with Crippen LogP contribution in [0.2, 0.25) is 0 Å². The lowest BCUT2D eigenvalue weighted by Gasteiger charge is -2.06. The first kappa shape index (κ1) is 7.49. The summed E-state index contributed by atoms with van der Waals surface area (Å²) in [5.74, 6) is -0.0579. The van der Waals surface area contributed by atoms with E-state index in [1.54, 1.807) is 18.5 Å². The molecular weight excluding hydrogens is 156 g/mol. The van der Waals surface area contributed by atoms with E-state index in [1.807, 2.05) is 0 Å². The number of rotatable bonds is 1. The molecule has 2 heterocycles. The van der Waals surface area contributed by atoms with Crippen LogP contribution in [0.4, 0.5) is 0 Å². The van der Waals surface area contributed by atoms with Gasteiger partial charge in [-0.1, -0.05) is 0 Å². The molecule has 0 N–H and O–H groups in total. The van der Waals surface area contributed by atoms with Crippen LogP contribution in [-0.2, 0) is 4.74 Å². The molecule has 1 unspecified atom stereocenters. The SMILES string of the molecule is O=C(C1CCCO1)n1cccn1. The zero-order valence-electron chi connectivity index (χ0n) is 6.64. The summed E-state index contributed by atoms with van der Waals surface area (Å²) in [6.07, 6.45) is 4.75. The molecule has 4 nitrogen and oxygen atoms in total. The van der Waals surface area contributed by atoms with Crippen molar-refractivity contribution in [1.82, 2.24) is 9.78 Å². The van der Waals surface area contributed by atoms with E-state index in [0.717, 1.165) is 12.8 Å². The third kappa shape index (κ3) is 1.25. The molecule has 0 amide bonds. The predicted molar refractivity (Wildman–Crippen MR) is 41.8 cm³/mol. The summed E-state index contributed by atoms with van der Waals surface area (Å²) < 4.78 is 6.56. The number of carbonyl (C=O) groups excluding carboxylic acids is 1. The largest absolute Gasteiger partial charge is 0.368 e. The highest BCUT2D eigenvalue weighted by molar-refractivity contribution is 5.82. The molecule has 2 rings (SSSR count). The molecule has 0 aromatic carbocycles. The quantitative estimate of drug-likeness (QED) is 0.617. The highest BCUT2D eigenvalue weighted by Crippen LogP contribution is 2.13.